The van der Waals surface area contributed by atoms with E-state index in [1.807, 2.05) is 19.1 Å². The smallest absolute Gasteiger partial charge is 0.281 e. The first-order chi connectivity index (χ1) is 8.60. The van der Waals surface area contributed by atoms with Gasteiger partial charge in [0.15, 0.2) is 5.84 Å². The monoisotopic (exact) mass is 264 g/mol. The van der Waals surface area contributed by atoms with Gasteiger partial charge in [-0.15, -0.1) is 10.2 Å². The van der Waals surface area contributed by atoms with Gasteiger partial charge in [0, 0.05) is 17.4 Å². The van der Waals surface area contributed by atoms with Gasteiger partial charge in [-0.1, -0.05) is 5.16 Å². The molecule has 6 nitrogen and oxygen atoms in total. The maximum absolute atomic E-state index is 8.64. The molecule has 1 heterocycles. The molecule has 0 fully saturated rings. The standard InChI is InChI=1S/C11H12N4O2S/c1-6-5-8(3-4-9(6)10(12)15-16)18-11-14-13-7(2)17-11/h3-5,16H,1-2H3,(H2,12,15). The second-order valence-corrected chi connectivity index (χ2v) is 4.68. The number of nitrogens with zero attached hydrogens (tertiary/aromatic N) is 3. The van der Waals surface area contributed by atoms with E-state index in [4.69, 9.17) is 15.4 Å². The van der Waals surface area contributed by atoms with Crippen molar-refractivity contribution in [3.8, 4) is 0 Å². The van der Waals surface area contributed by atoms with Crippen molar-refractivity contribution < 1.29 is 9.62 Å². The van der Waals surface area contributed by atoms with Gasteiger partial charge in [0.05, 0.1) is 0 Å². The highest BCUT2D eigenvalue weighted by Crippen LogP contribution is 2.27. The van der Waals surface area contributed by atoms with Crippen LogP contribution in [0.2, 0.25) is 0 Å². The van der Waals surface area contributed by atoms with Crippen molar-refractivity contribution >= 4 is 17.6 Å². The zero-order valence-corrected chi connectivity index (χ0v) is 10.7. The van der Waals surface area contributed by atoms with Crippen LogP contribution in [0.4, 0.5) is 0 Å². The predicted molar refractivity (Wildman–Crippen MR) is 66.8 cm³/mol. The van der Waals surface area contributed by atoms with Crippen LogP contribution in [0.3, 0.4) is 0 Å². The van der Waals surface area contributed by atoms with Crippen LogP contribution >= 0.6 is 11.8 Å². The van der Waals surface area contributed by atoms with Crippen LogP contribution < -0.4 is 5.73 Å². The average molecular weight is 264 g/mol. The molecule has 1 aromatic heterocycles. The van der Waals surface area contributed by atoms with Crippen LogP contribution in [0.5, 0.6) is 0 Å². The number of nitrogens with two attached hydrogens (primary N) is 1. The van der Waals surface area contributed by atoms with Gasteiger partial charge >= 0.3 is 0 Å². The largest absolute Gasteiger partial charge is 0.416 e. The zero-order valence-electron chi connectivity index (χ0n) is 9.91. The molecular weight excluding hydrogens is 252 g/mol. The number of benzene rings is 1. The topological polar surface area (TPSA) is 97.5 Å². The summed E-state index contributed by atoms with van der Waals surface area (Å²) in [5.41, 5.74) is 7.16. The molecule has 0 saturated heterocycles. The molecule has 0 amide bonds. The Hall–Kier alpha value is -2.02. The van der Waals surface area contributed by atoms with Crippen LogP contribution in [0.15, 0.2) is 37.9 Å². The molecule has 0 bridgehead atoms. The first kappa shape index (κ1) is 12.4. The molecule has 0 saturated carbocycles. The Morgan fingerprint density at radius 2 is 2.17 bits per heavy atom. The lowest BCUT2D eigenvalue weighted by atomic mass is 10.1. The molecule has 0 aliphatic carbocycles. The van der Waals surface area contributed by atoms with Crippen molar-refractivity contribution in [1.29, 1.82) is 0 Å². The lowest BCUT2D eigenvalue weighted by molar-refractivity contribution is 0.318. The van der Waals surface area contributed by atoms with Gasteiger partial charge in [0.25, 0.3) is 5.22 Å². The Balaban J connectivity index is 2.24. The van der Waals surface area contributed by atoms with Gasteiger partial charge in [-0.05, 0) is 42.4 Å². The van der Waals surface area contributed by atoms with E-state index in [1.54, 1.807) is 13.0 Å². The first-order valence-corrected chi connectivity index (χ1v) is 5.98. The van der Waals surface area contributed by atoms with E-state index in [2.05, 4.69) is 15.4 Å². The van der Waals surface area contributed by atoms with Crippen molar-refractivity contribution in [2.24, 2.45) is 10.9 Å². The van der Waals surface area contributed by atoms with E-state index in [-0.39, 0.29) is 5.84 Å². The molecule has 18 heavy (non-hydrogen) atoms. The minimum absolute atomic E-state index is 0.0951. The Morgan fingerprint density at radius 3 is 2.72 bits per heavy atom. The van der Waals surface area contributed by atoms with Crippen molar-refractivity contribution in [2.45, 2.75) is 24.0 Å². The number of hydrogen-bond donors (Lipinski definition) is 2. The summed E-state index contributed by atoms with van der Waals surface area (Å²) in [4.78, 5) is 0.950. The lowest BCUT2D eigenvalue weighted by Crippen LogP contribution is -2.14. The molecule has 7 heteroatoms. The van der Waals surface area contributed by atoms with E-state index in [0.29, 0.717) is 16.7 Å². The summed E-state index contributed by atoms with van der Waals surface area (Å²) >= 11 is 1.37. The fraction of sp³-hybridized carbons (Fsp3) is 0.182. The number of oxime groups is 1. The van der Waals surface area contributed by atoms with Gasteiger partial charge in [-0.3, -0.25) is 0 Å². The maximum atomic E-state index is 8.64. The Bertz CT molecular complexity index is 594. The molecule has 0 aliphatic rings. The minimum atomic E-state index is 0.0951. The van der Waals surface area contributed by atoms with Crippen LogP contribution in [-0.2, 0) is 0 Å². The van der Waals surface area contributed by atoms with E-state index < -0.39 is 0 Å². The van der Waals surface area contributed by atoms with Crippen LogP contribution in [0, 0.1) is 13.8 Å². The number of amidine groups is 1. The van der Waals surface area contributed by atoms with Crippen molar-refractivity contribution in [3.63, 3.8) is 0 Å². The highest BCUT2D eigenvalue weighted by molar-refractivity contribution is 7.99. The third-order valence-corrected chi connectivity index (χ3v) is 3.12. The van der Waals surface area contributed by atoms with Crippen LogP contribution in [0.1, 0.15) is 17.0 Å². The highest BCUT2D eigenvalue weighted by atomic mass is 32.2. The molecule has 0 radical (unpaired) electrons. The van der Waals surface area contributed by atoms with Gasteiger partial charge in [0.1, 0.15) is 0 Å². The summed E-state index contributed by atoms with van der Waals surface area (Å²) in [6.45, 7) is 3.63. The summed E-state index contributed by atoms with van der Waals surface area (Å²) in [6, 6.07) is 5.55. The highest BCUT2D eigenvalue weighted by Gasteiger charge is 2.08. The normalized spacial score (nSPS) is 11.8. The predicted octanol–water partition coefficient (Wildman–Crippen LogP) is 1.93. The van der Waals surface area contributed by atoms with E-state index >= 15 is 0 Å². The average Bonchev–Trinajstić information content (AvgIpc) is 2.74. The number of aryl methyl sites for hydroxylation is 2. The molecule has 94 valence electrons. The molecule has 0 unspecified atom stereocenters. The number of aromatic nitrogens is 2. The summed E-state index contributed by atoms with van der Waals surface area (Å²) in [5, 5.41) is 19.8. The summed E-state index contributed by atoms with van der Waals surface area (Å²) in [5.74, 6) is 0.625. The quantitative estimate of drug-likeness (QED) is 0.380. The number of rotatable bonds is 3. The molecule has 2 aromatic rings. The van der Waals surface area contributed by atoms with E-state index in [9.17, 15) is 0 Å². The minimum Gasteiger partial charge on any atom is -0.416 e. The van der Waals surface area contributed by atoms with Gasteiger partial charge in [0.2, 0.25) is 5.89 Å². The Labute approximate surface area is 108 Å². The molecule has 0 spiro atoms. The van der Waals surface area contributed by atoms with Crippen molar-refractivity contribution in [3.05, 3.63) is 35.2 Å². The first-order valence-electron chi connectivity index (χ1n) is 5.16. The lowest BCUT2D eigenvalue weighted by Gasteiger charge is -2.05. The van der Waals surface area contributed by atoms with Gasteiger partial charge in [-0.25, -0.2) is 0 Å². The Kier molecular flexibility index (Phi) is 3.52. The van der Waals surface area contributed by atoms with Gasteiger partial charge in [-0.2, -0.15) is 0 Å². The van der Waals surface area contributed by atoms with Crippen molar-refractivity contribution in [1.82, 2.24) is 10.2 Å². The van der Waals surface area contributed by atoms with E-state index in [1.165, 1.54) is 11.8 Å². The number of hydrogen-bond acceptors (Lipinski definition) is 6. The van der Waals surface area contributed by atoms with Crippen LogP contribution in [0.25, 0.3) is 0 Å². The summed E-state index contributed by atoms with van der Waals surface area (Å²) in [7, 11) is 0. The third kappa shape index (κ3) is 2.62. The second-order valence-electron chi connectivity index (χ2n) is 3.65. The molecular formula is C11H12N4O2S. The molecule has 3 N–H and O–H groups in total. The SMILES string of the molecule is Cc1nnc(Sc2ccc(/C(N)=N/O)c(C)c2)o1. The third-order valence-electron chi connectivity index (χ3n) is 2.29. The maximum Gasteiger partial charge on any atom is 0.281 e. The summed E-state index contributed by atoms with van der Waals surface area (Å²) < 4.78 is 5.28. The molecule has 0 atom stereocenters. The molecule has 1 aromatic carbocycles. The Morgan fingerprint density at radius 1 is 1.39 bits per heavy atom. The fourth-order valence-electron chi connectivity index (χ4n) is 1.46. The second kappa shape index (κ2) is 5.09. The van der Waals surface area contributed by atoms with Crippen LogP contribution in [-0.4, -0.2) is 21.2 Å². The fourth-order valence-corrected chi connectivity index (χ4v) is 2.28. The molecule has 0 aliphatic heterocycles. The van der Waals surface area contributed by atoms with E-state index in [0.717, 1.165) is 10.5 Å². The van der Waals surface area contributed by atoms with Gasteiger partial charge < -0.3 is 15.4 Å². The molecule has 2 rings (SSSR count). The zero-order chi connectivity index (χ0) is 13.1. The summed E-state index contributed by atoms with van der Waals surface area (Å²) in [6.07, 6.45) is 0. The van der Waals surface area contributed by atoms with Crippen molar-refractivity contribution in [2.75, 3.05) is 0 Å².